The summed E-state index contributed by atoms with van der Waals surface area (Å²) in [4.78, 5) is 2.35. The van der Waals surface area contributed by atoms with Crippen LogP contribution in [0.4, 0.5) is 0 Å². The van der Waals surface area contributed by atoms with Gasteiger partial charge in [-0.05, 0) is 31.2 Å². The molecule has 0 saturated carbocycles. The molecule has 1 aliphatic rings. The molecule has 0 spiro atoms. The molecule has 1 aromatic rings. The minimum Gasteiger partial charge on any atom is -0.326 e. The van der Waals surface area contributed by atoms with Crippen molar-refractivity contribution in [2.45, 2.75) is 18.5 Å². The molecule has 0 amide bonds. The van der Waals surface area contributed by atoms with Crippen LogP contribution in [0.5, 0.6) is 0 Å². The van der Waals surface area contributed by atoms with Gasteiger partial charge < -0.3 is 10.6 Å². The summed E-state index contributed by atoms with van der Waals surface area (Å²) in [6, 6.07) is 6.16. The molecule has 1 fully saturated rings. The molecule has 1 aliphatic heterocycles. The van der Waals surface area contributed by atoms with E-state index in [1.165, 1.54) is 5.75 Å². The Bertz CT molecular complexity index is 414. The molecule has 1 saturated heterocycles. The normalized spacial score (nSPS) is 23.0. The van der Waals surface area contributed by atoms with E-state index in [0.717, 1.165) is 24.3 Å². The molecule has 0 aromatic heterocycles. The largest absolute Gasteiger partial charge is 0.326 e. The molecular formula is C13H18Cl2N2S. The number of hydrogen-bond donors (Lipinski definition) is 1. The lowest BCUT2D eigenvalue weighted by atomic mass is 10.00. The van der Waals surface area contributed by atoms with Gasteiger partial charge in [0.1, 0.15) is 0 Å². The van der Waals surface area contributed by atoms with E-state index in [1.54, 1.807) is 6.07 Å². The minimum atomic E-state index is 0.112. The van der Waals surface area contributed by atoms with Crippen molar-refractivity contribution in [3.8, 4) is 0 Å². The maximum atomic E-state index is 6.33. The molecule has 2 rings (SSSR count). The highest BCUT2D eigenvalue weighted by Crippen LogP contribution is 2.24. The number of nitrogens with zero attached hydrogens (tertiary/aromatic N) is 1. The summed E-state index contributed by atoms with van der Waals surface area (Å²) >= 11 is 14.1. The lowest BCUT2D eigenvalue weighted by Gasteiger charge is -2.36. The second-order valence-electron chi connectivity index (χ2n) is 4.73. The van der Waals surface area contributed by atoms with E-state index in [4.69, 9.17) is 28.9 Å². The van der Waals surface area contributed by atoms with Gasteiger partial charge in [-0.25, -0.2) is 0 Å². The van der Waals surface area contributed by atoms with E-state index in [1.807, 2.05) is 23.9 Å². The topological polar surface area (TPSA) is 29.3 Å². The molecule has 2 atom stereocenters. The highest BCUT2D eigenvalue weighted by Gasteiger charge is 2.25. The fourth-order valence-electron chi connectivity index (χ4n) is 2.23. The van der Waals surface area contributed by atoms with Gasteiger partial charge >= 0.3 is 0 Å². The van der Waals surface area contributed by atoms with Crippen LogP contribution in [-0.4, -0.2) is 42.1 Å². The second kappa shape index (κ2) is 6.49. The molecule has 18 heavy (non-hydrogen) atoms. The van der Waals surface area contributed by atoms with Gasteiger partial charge in [0.2, 0.25) is 0 Å². The monoisotopic (exact) mass is 304 g/mol. The maximum Gasteiger partial charge on any atom is 0.0453 e. The summed E-state index contributed by atoms with van der Waals surface area (Å²) in [5, 5.41) is 1.38. The number of likely N-dealkylation sites (N-methyl/N-ethyl adjacent to an activating group) is 1. The Morgan fingerprint density at radius 3 is 2.94 bits per heavy atom. The highest BCUT2D eigenvalue weighted by atomic mass is 35.5. The molecule has 5 heteroatoms. The first-order chi connectivity index (χ1) is 8.58. The molecule has 2 unspecified atom stereocenters. The van der Waals surface area contributed by atoms with Crippen molar-refractivity contribution in [1.29, 1.82) is 0 Å². The molecule has 2 nitrogen and oxygen atoms in total. The van der Waals surface area contributed by atoms with Crippen LogP contribution in [0.25, 0.3) is 0 Å². The Hall–Kier alpha value is 0.0700. The smallest absolute Gasteiger partial charge is 0.0453 e. The van der Waals surface area contributed by atoms with E-state index < -0.39 is 0 Å². The summed E-state index contributed by atoms with van der Waals surface area (Å²) < 4.78 is 0. The fourth-order valence-corrected chi connectivity index (χ4v) is 4.05. The van der Waals surface area contributed by atoms with Crippen LogP contribution in [0.1, 0.15) is 5.56 Å². The van der Waals surface area contributed by atoms with Crippen molar-refractivity contribution < 1.29 is 0 Å². The molecule has 0 bridgehead atoms. The van der Waals surface area contributed by atoms with Crippen LogP contribution >= 0.6 is 35.0 Å². The second-order valence-corrected chi connectivity index (χ2v) is 6.72. The van der Waals surface area contributed by atoms with E-state index in [-0.39, 0.29) is 6.04 Å². The van der Waals surface area contributed by atoms with Gasteiger partial charge in [-0.3, -0.25) is 0 Å². The molecule has 1 heterocycles. The third-order valence-corrected chi connectivity index (χ3v) is 5.04. The number of hydrogen-bond acceptors (Lipinski definition) is 3. The van der Waals surface area contributed by atoms with Gasteiger partial charge in [-0.2, -0.15) is 11.8 Å². The van der Waals surface area contributed by atoms with Gasteiger partial charge in [0.05, 0.1) is 0 Å². The van der Waals surface area contributed by atoms with E-state index in [9.17, 15) is 0 Å². The zero-order chi connectivity index (χ0) is 13.1. The molecule has 0 aliphatic carbocycles. The Kier molecular flexibility index (Phi) is 5.22. The number of thioether (sulfide) groups is 1. The zero-order valence-electron chi connectivity index (χ0n) is 10.4. The lowest BCUT2D eigenvalue weighted by molar-refractivity contribution is 0.235. The quantitative estimate of drug-likeness (QED) is 0.931. The van der Waals surface area contributed by atoms with Crippen molar-refractivity contribution in [1.82, 2.24) is 4.90 Å². The van der Waals surface area contributed by atoms with Gasteiger partial charge in [0, 0.05) is 40.2 Å². The Labute approximate surface area is 123 Å². The number of halogens is 2. The highest BCUT2D eigenvalue weighted by molar-refractivity contribution is 7.99. The first-order valence-corrected chi connectivity index (χ1v) is 7.96. The van der Waals surface area contributed by atoms with Gasteiger partial charge in [-0.1, -0.05) is 29.3 Å². The Morgan fingerprint density at radius 1 is 1.50 bits per heavy atom. The standard InChI is InChI=1S/C13H18Cl2N2S/c1-17-4-5-18-8-13(17)12(16)6-9-2-3-10(14)7-11(9)15/h2-3,7,12-13H,4-6,8,16H2,1H3. The minimum absolute atomic E-state index is 0.112. The van der Waals surface area contributed by atoms with Crippen molar-refractivity contribution in [3.05, 3.63) is 33.8 Å². The van der Waals surface area contributed by atoms with Gasteiger partial charge in [-0.15, -0.1) is 0 Å². The summed E-state index contributed by atoms with van der Waals surface area (Å²) in [6.07, 6.45) is 0.797. The van der Waals surface area contributed by atoms with E-state index in [0.29, 0.717) is 16.1 Å². The predicted molar refractivity (Wildman–Crippen MR) is 81.9 cm³/mol. The number of rotatable bonds is 3. The van der Waals surface area contributed by atoms with Crippen molar-refractivity contribution in [2.24, 2.45) is 5.73 Å². The first kappa shape index (κ1) is 14.5. The summed E-state index contributed by atoms with van der Waals surface area (Å²) in [6.45, 7) is 1.11. The summed E-state index contributed by atoms with van der Waals surface area (Å²) in [5.41, 5.74) is 7.41. The zero-order valence-corrected chi connectivity index (χ0v) is 12.7. The van der Waals surface area contributed by atoms with Crippen molar-refractivity contribution >= 4 is 35.0 Å². The maximum absolute atomic E-state index is 6.33. The van der Waals surface area contributed by atoms with Crippen molar-refractivity contribution in [2.75, 3.05) is 25.1 Å². The van der Waals surface area contributed by atoms with Crippen LogP contribution in [0.2, 0.25) is 10.0 Å². The Balaban J connectivity index is 2.03. The number of benzene rings is 1. The van der Waals surface area contributed by atoms with Crippen LogP contribution in [0, 0.1) is 0 Å². The fraction of sp³-hybridized carbons (Fsp3) is 0.538. The van der Waals surface area contributed by atoms with Crippen LogP contribution in [-0.2, 0) is 6.42 Å². The summed E-state index contributed by atoms with van der Waals surface area (Å²) in [5.74, 6) is 2.30. The Morgan fingerprint density at radius 2 is 2.28 bits per heavy atom. The van der Waals surface area contributed by atoms with Crippen LogP contribution < -0.4 is 5.73 Å². The average Bonchev–Trinajstić information content (AvgIpc) is 2.33. The number of nitrogens with two attached hydrogens (primary N) is 1. The molecular weight excluding hydrogens is 287 g/mol. The van der Waals surface area contributed by atoms with E-state index in [2.05, 4.69) is 11.9 Å². The predicted octanol–water partition coefficient (Wildman–Crippen LogP) is 2.91. The van der Waals surface area contributed by atoms with Crippen LogP contribution in [0.3, 0.4) is 0 Å². The summed E-state index contributed by atoms with van der Waals surface area (Å²) in [7, 11) is 2.15. The average molecular weight is 305 g/mol. The van der Waals surface area contributed by atoms with Crippen molar-refractivity contribution in [3.63, 3.8) is 0 Å². The SMILES string of the molecule is CN1CCSCC1C(N)Cc1ccc(Cl)cc1Cl. The first-order valence-electron chi connectivity index (χ1n) is 6.05. The third kappa shape index (κ3) is 3.55. The van der Waals surface area contributed by atoms with Gasteiger partial charge in [0.15, 0.2) is 0 Å². The van der Waals surface area contributed by atoms with Crippen LogP contribution in [0.15, 0.2) is 18.2 Å². The van der Waals surface area contributed by atoms with E-state index >= 15 is 0 Å². The lowest BCUT2D eigenvalue weighted by Crippen LogP contribution is -2.51. The molecule has 2 N–H and O–H groups in total. The van der Waals surface area contributed by atoms with Gasteiger partial charge in [0.25, 0.3) is 0 Å². The third-order valence-electron chi connectivity index (χ3n) is 3.41. The molecule has 1 aromatic carbocycles. The molecule has 100 valence electrons. The molecule has 0 radical (unpaired) electrons.